The Morgan fingerprint density at radius 3 is 2.42 bits per heavy atom. The molecule has 1 aromatic rings. The Bertz CT molecular complexity index is 428. The lowest BCUT2D eigenvalue weighted by Crippen LogP contribution is -2.39. The molecule has 0 spiro atoms. The van der Waals surface area contributed by atoms with Crippen LogP contribution in [0.5, 0.6) is 0 Å². The van der Waals surface area contributed by atoms with E-state index in [2.05, 4.69) is 10.1 Å². The number of ether oxygens (including phenoxy) is 2. The highest BCUT2D eigenvalue weighted by molar-refractivity contribution is 5.77. The summed E-state index contributed by atoms with van der Waals surface area (Å²) in [6.07, 6.45) is -0.555. The second-order valence-electron chi connectivity index (χ2n) is 4.79. The summed E-state index contributed by atoms with van der Waals surface area (Å²) in [4.78, 5) is 22.9. The third-order valence-corrected chi connectivity index (χ3v) is 2.63. The fourth-order valence-corrected chi connectivity index (χ4v) is 1.42. The second kappa shape index (κ2) is 6.78. The number of methoxy groups -OCH3 is 1. The van der Waals surface area contributed by atoms with E-state index in [4.69, 9.17) is 4.74 Å². The third kappa shape index (κ3) is 4.99. The smallest absolute Gasteiger partial charge is 0.407 e. The number of nitrogens with one attached hydrogen (secondary N) is 1. The van der Waals surface area contributed by atoms with Crippen LogP contribution in [0.2, 0.25) is 0 Å². The summed E-state index contributed by atoms with van der Waals surface area (Å²) in [5.74, 6) is -0.379. The van der Waals surface area contributed by atoms with Crippen LogP contribution in [0.25, 0.3) is 0 Å². The Morgan fingerprint density at radius 2 is 1.84 bits per heavy atom. The molecule has 0 aromatic heterocycles. The van der Waals surface area contributed by atoms with Gasteiger partial charge in [-0.3, -0.25) is 4.79 Å². The molecule has 0 bridgehead atoms. The van der Waals surface area contributed by atoms with Crippen LogP contribution in [0, 0.1) is 5.41 Å². The molecule has 0 unspecified atom stereocenters. The minimum atomic E-state index is -0.777. The molecule has 0 radical (unpaired) electrons. The van der Waals surface area contributed by atoms with Crippen molar-refractivity contribution < 1.29 is 19.1 Å². The topological polar surface area (TPSA) is 64.6 Å². The van der Waals surface area contributed by atoms with Gasteiger partial charge in [-0.25, -0.2) is 4.79 Å². The number of alkyl carbamates (subject to hydrolysis) is 1. The monoisotopic (exact) mass is 265 g/mol. The van der Waals surface area contributed by atoms with E-state index in [1.54, 1.807) is 13.8 Å². The van der Waals surface area contributed by atoms with E-state index in [0.29, 0.717) is 0 Å². The van der Waals surface area contributed by atoms with E-state index in [1.165, 1.54) is 7.11 Å². The van der Waals surface area contributed by atoms with Gasteiger partial charge in [0.2, 0.25) is 0 Å². The Morgan fingerprint density at radius 1 is 1.21 bits per heavy atom. The zero-order valence-corrected chi connectivity index (χ0v) is 11.4. The zero-order valence-electron chi connectivity index (χ0n) is 11.4. The Hall–Kier alpha value is -2.04. The number of carbonyl (C=O) groups is 2. The third-order valence-electron chi connectivity index (χ3n) is 2.63. The van der Waals surface area contributed by atoms with Crippen LogP contribution in [0.4, 0.5) is 4.79 Å². The summed E-state index contributed by atoms with van der Waals surface area (Å²) in [7, 11) is 1.32. The lowest BCUT2D eigenvalue weighted by atomic mass is 9.94. The molecule has 5 heteroatoms. The highest BCUT2D eigenvalue weighted by Crippen LogP contribution is 2.15. The van der Waals surface area contributed by atoms with Crippen LogP contribution in [-0.4, -0.2) is 25.7 Å². The average Bonchev–Trinajstić information content (AvgIpc) is 2.43. The van der Waals surface area contributed by atoms with Crippen LogP contribution in [0.3, 0.4) is 0 Å². The van der Waals surface area contributed by atoms with Crippen molar-refractivity contribution in [3.05, 3.63) is 35.9 Å². The average molecular weight is 265 g/mol. The van der Waals surface area contributed by atoms with E-state index in [0.717, 1.165) is 5.56 Å². The molecule has 1 aromatic carbocycles. The molecule has 0 aliphatic heterocycles. The quantitative estimate of drug-likeness (QED) is 0.828. The molecule has 0 atom stereocenters. The summed E-state index contributed by atoms with van der Waals surface area (Å²) < 4.78 is 9.68. The van der Waals surface area contributed by atoms with Crippen LogP contribution < -0.4 is 5.32 Å². The predicted octanol–water partition coefficient (Wildman–Crippen LogP) is 2.11. The lowest BCUT2D eigenvalue weighted by molar-refractivity contribution is -0.150. The second-order valence-corrected chi connectivity index (χ2v) is 4.79. The molecular formula is C14H19NO4. The fraction of sp³-hybridized carbons (Fsp3) is 0.429. The van der Waals surface area contributed by atoms with Crippen molar-refractivity contribution in [3.8, 4) is 0 Å². The molecule has 0 saturated carbocycles. The van der Waals surface area contributed by atoms with Crippen molar-refractivity contribution in [1.29, 1.82) is 0 Å². The van der Waals surface area contributed by atoms with Crippen molar-refractivity contribution >= 4 is 12.1 Å². The molecule has 0 aliphatic rings. The minimum absolute atomic E-state index is 0.160. The molecule has 0 fully saturated rings. The first-order valence-electron chi connectivity index (χ1n) is 5.98. The van der Waals surface area contributed by atoms with E-state index >= 15 is 0 Å². The number of hydrogen-bond donors (Lipinski definition) is 1. The van der Waals surface area contributed by atoms with Gasteiger partial charge in [0.1, 0.15) is 6.61 Å². The van der Waals surface area contributed by atoms with Crippen molar-refractivity contribution in [2.45, 2.75) is 20.5 Å². The van der Waals surface area contributed by atoms with Gasteiger partial charge in [-0.15, -0.1) is 0 Å². The number of benzene rings is 1. The first kappa shape index (κ1) is 15.0. The van der Waals surface area contributed by atoms with Crippen molar-refractivity contribution in [3.63, 3.8) is 0 Å². The predicted molar refractivity (Wildman–Crippen MR) is 70.4 cm³/mol. The maximum atomic E-state index is 11.5. The van der Waals surface area contributed by atoms with Gasteiger partial charge in [0.25, 0.3) is 0 Å². The van der Waals surface area contributed by atoms with Crippen LogP contribution in [0.15, 0.2) is 30.3 Å². The number of esters is 1. The van der Waals surface area contributed by atoms with Crippen LogP contribution in [0.1, 0.15) is 19.4 Å². The molecule has 0 saturated heterocycles. The summed E-state index contributed by atoms with van der Waals surface area (Å²) in [5, 5.41) is 2.55. The maximum absolute atomic E-state index is 11.5. The summed E-state index contributed by atoms with van der Waals surface area (Å²) in [6.45, 7) is 3.74. The SMILES string of the molecule is COC(=O)C(C)(C)CNC(=O)OCc1ccccc1. The Labute approximate surface area is 112 Å². The molecule has 0 heterocycles. The molecule has 5 nitrogen and oxygen atoms in total. The lowest BCUT2D eigenvalue weighted by Gasteiger charge is -2.21. The van der Waals surface area contributed by atoms with Crippen molar-refractivity contribution in [1.82, 2.24) is 5.32 Å². The summed E-state index contributed by atoms with van der Waals surface area (Å²) in [6, 6.07) is 9.37. The van der Waals surface area contributed by atoms with Crippen molar-refractivity contribution in [2.75, 3.05) is 13.7 Å². The van der Waals surface area contributed by atoms with Gasteiger partial charge in [0.15, 0.2) is 0 Å². The maximum Gasteiger partial charge on any atom is 0.407 e. The van der Waals surface area contributed by atoms with E-state index in [9.17, 15) is 9.59 Å². The van der Waals surface area contributed by atoms with E-state index < -0.39 is 11.5 Å². The zero-order chi connectivity index (χ0) is 14.3. The van der Waals surface area contributed by atoms with Gasteiger partial charge in [0.05, 0.1) is 12.5 Å². The van der Waals surface area contributed by atoms with Crippen LogP contribution in [-0.2, 0) is 20.9 Å². The van der Waals surface area contributed by atoms with Gasteiger partial charge >= 0.3 is 12.1 Å². The molecule has 1 amide bonds. The van der Waals surface area contributed by atoms with E-state index in [-0.39, 0.29) is 19.1 Å². The number of rotatable bonds is 5. The molecule has 1 rings (SSSR count). The van der Waals surface area contributed by atoms with Crippen molar-refractivity contribution in [2.24, 2.45) is 5.41 Å². The molecule has 1 N–H and O–H groups in total. The molecule has 104 valence electrons. The highest BCUT2D eigenvalue weighted by atomic mass is 16.5. The molecular weight excluding hydrogens is 246 g/mol. The highest BCUT2D eigenvalue weighted by Gasteiger charge is 2.29. The summed E-state index contributed by atoms with van der Waals surface area (Å²) >= 11 is 0. The Kier molecular flexibility index (Phi) is 5.36. The standard InChI is InChI=1S/C14H19NO4/c1-14(2,12(16)18-3)10-15-13(17)19-9-11-7-5-4-6-8-11/h4-8H,9-10H2,1-3H3,(H,15,17). The summed E-state index contributed by atoms with van der Waals surface area (Å²) in [5.41, 5.74) is 0.130. The number of amides is 1. The number of hydrogen-bond acceptors (Lipinski definition) is 4. The molecule has 19 heavy (non-hydrogen) atoms. The van der Waals surface area contributed by atoms with Crippen LogP contribution >= 0.6 is 0 Å². The number of carbonyl (C=O) groups excluding carboxylic acids is 2. The van der Waals surface area contributed by atoms with E-state index in [1.807, 2.05) is 30.3 Å². The van der Waals surface area contributed by atoms with Gasteiger partial charge < -0.3 is 14.8 Å². The normalized spacial score (nSPS) is 10.7. The van der Waals surface area contributed by atoms with Gasteiger partial charge in [-0.1, -0.05) is 30.3 Å². The van der Waals surface area contributed by atoms with Gasteiger partial charge in [-0.2, -0.15) is 0 Å². The van der Waals surface area contributed by atoms with Gasteiger partial charge in [-0.05, 0) is 19.4 Å². The largest absolute Gasteiger partial charge is 0.469 e. The molecule has 0 aliphatic carbocycles. The first-order valence-corrected chi connectivity index (χ1v) is 5.98. The Balaban J connectivity index is 2.34. The van der Waals surface area contributed by atoms with Gasteiger partial charge in [0, 0.05) is 6.54 Å². The fourth-order valence-electron chi connectivity index (χ4n) is 1.42. The minimum Gasteiger partial charge on any atom is -0.469 e. The first-order chi connectivity index (χ1) is 8.95.